The summed E-state index contributed by atoms with van der Waals surface area (Å²) in [7, 11) is 0. The summed E-state index contributed by atoms with van der Waals surface area (Å²) in [6.45, 7) is 7.02. The highest BCUT2D eigenvalue weighted by atomic mass is 16.6. The van der Waals surface area contributed by atoms with Crippen molar-refractivity contribution < 1.29 is 9.66 Å². The molecule has 0 amide bonds. The van der Waals surface area contributed by atoms with Gasteiger partial charge in [0.2, 0.25) is 0 Å². The zero-order valence-corrected chi connectivity index (χ0v) is 16.5. The van der Waals surface area contributed by atoms with Crippen LogP contribution in [0.3, 0.4) is 0 Å². The van der Waals surface area contributed by atoms with Crippen LogP contribution in [0.25, 0.3) is 16.9 Å². The topological polar surface area (TPSA) is 84.9 Å². The van der Waals surface area contributed by atoms with Gasteiger partial charge in [0, 0.05) is 31.3 Å². The van der Waals surface area contributed by atoms with Crippen LogP contribution < -0.4 is 10.1 Å². The lowest BCUT2D eigenvalue weighted by Gasteiger charge is -2.20. The van der Waals surface area contributed by atoms with E-state index in [1.807, 2.05) is 35.6 Å². The lowest BCUT2D eigenvalue weighted by Crippen LogP contribution is -2.28. The van der Waals surface area contributed by atoms with E-state index in [1.54, 1.807) is 12.3 Å². The Balaban J connectivity index is 1.85. The highest BCUT2D eigenvalue weighted by Crippen LogP contribution is 2.33. The second-order valence-corrected chi connectivity index (χ2v) is 7.09. The van der Waals surface area contributed by atoms with E-state index < -0.39 is 0 Å². The fourth-order valence-electron chi connectivity index (χ4n) is 3.77. The lowest BCUT2D eigenvalue weighted by atomic mass is 10.1. The fraction of sp³-hybridized carbons (Fsp3) is 0.381. The average molecular weight is 395 g/mol. The minimum Gasteiger partial charge on any atom is -0.493 e. The molecular formula is C21H25N5O3. The Hall–Kier alpha value is -2.97. The van der Waals surface area contributed by atoms with Crippen molar-refractivity contribution in [2.24, 2.45) is 0 Å². The molecule has 0 bridgehead atoms. The first-order chi connectivity index (χ1) is 14.2. The minimum atomic E-state index is -0.368. The number of ether oxygens (including phenoxy) is 1. The summed E-state index contributed by atoms with van der Waals surface area (Å²) >= 11 is 0. The smallest absolute Gasteiger partial charge is 0.286 e. The average Bonchev–Trinajstić information content (AvgIpc) is 2.88. The van der Waals surface area contributed by atoms with Gasteiger partial charge in [-0.3, -0.25) is 19.4 Å². The molecule has 1 aliphatic rings. The molecule has 4 rings (SSSR count). The lowest BCUT2D eigenvalue weighted by molar-refractivity contribution is -0.385. The Morgan fingerprint density at radius 2 is 2.07 bits per heavy atom. The van der Waals surface area contributed by atoms with E-state index in [1.165, 1.54) is 6.07 Å². The Morgan fingerprint density at radius 1 is 1.21 bits per heavy atom. The summed E-state index contributed by atoms with van der Waals surface area (Å²) in [6, 6.07) is 11.0. The van der Waals surface area contributed by atoms with Gasteiger partial charge in [0.25, 0.3) is 5.69 Å². The van der Waals surface area contributed by atoms with Crippen molar-refractivity contribution in [1.82, 2.24) is 19.6 Å². The number of nitro groups is 1. The number of pyridine rings is 1. The standard InChI is InChI=1S/C21H25N5O3/c1-2-29-19-7-4-3-6-17(19)21-18(15-24-12-5-10-22-11-13-24)25-14-16(26(27)28)8-9-20(25)23-21/h3-4,6-9,14,22H,2,5,10-13,15H2,1H3. The third-order valence-electron chi connectivity index (χ3n) is 5.16. The number of rotatable bonds is 6. The van der Waals surface area contributed by atoms with Crippen molar-refractivity contribution in [1.29, 1.82) is 0 Å². The summed E-state index contributed by atoms with van der Waals surface area (Å²) in [6.07, 6.45) is 2.64. The van der Waals surface area contributed by atoms with Crippen LogP contribution in [0.1, 0.15) is 19.0 Å². The largest absolute Gasteiger partial charge is 0.493 e. The van der Waals surface area contributed by atoms with Crippen molar-refractivity contribution in [3.8, 4) is 17.0 Å². The van der Waals surface area contributed by atoms with Gasteiger partial charge in [0.05, 0.1) is 29.1 Å². The second kappa shape index (κ2) is 8.59. The maximum Gasteiger partial charge on any atom is 0.286 e. The van der Waals surface area contributed by atoms with Crippen LogP contribution >= 0.6 is 0 Å². The van der Waals surface area contributed by atoms with Crippen LogP contribution in [0.2, 0.25) is 0 Å². The number of imidazole rings is 1. The van der Waals surface area contributed by atoms with Gasteiger partial charge in [-0.05, 0) is 44.6 Å². The fourth-order valence-corrected chi connectivity index (χ4v) is 3.77. The Labute approximate surface area is 169 Å². The first-order valence-corrected chi connectivity index (χ1v) is 9.98. The van der Waals surface area contributed by atoms with Gasteiger partial charge in [0.15, 0.2) is 0 Å². The van der Waals surface area contributed by atoms with Crippen molar-refractivity contribution in [3.63, 3.8) is 0 Å². The molecule has 2 aromatic heterocycles. The Morgan fingerprint density at radius 3 is 2.90 bits per heavy atom. The monoisotopic (exact) mass is 395 g/mol. The van der Waals surface area contributed by atoms with Gasteiger partial charge in [-0.15, -0.1) is 0 Å². The van der Waals surface area contributed by atoms with E-state index in [0.717, 1.165) is 55.3 Å². The molecule has 29 heavy (non-hydrogen) atoms. The molecular weight excluding hydrogens is 370 g/mol. The molecule has 8 nitrogen and oxygen atoms in total. The van der Waals surface area contributed by atoms with E-state index >= 15 is 0 Å². The number of nitrogens with zero attached hydrogens (tertiary/aromatic N) is 4. The quantitative estimate of drug-likeness (QED) is 0.510. The van der Waals surface area contributed by atoms with Gasteiger partial charge < -0.3 is 10.1 Å². The van der Waals surface area contributed by atoms with Crippen molar-refractivity contribution in [3.05, 3.63) is 58.4 Å². The molecule has 0 saturated carbocycles. The molecule has 0 unspecified atom stereocenters. The van der Waals surface area contributed by atoms with Crippen LogP contribution in [0.4, 0.5) is 5.69 Å². The SMILES string of the molecule is CCOc1ccccc1-c1nc2ccc([N+](=O)[O-])cn2c1CN1CCCNCC1. The molecule has 3 heterocycles. The first-order valence-electron chi connectivity index (χ1n) is 9.98. The highest BCUT2D eigenvalue weighted by molar-refractivity contribution is 5.72. The Kier molecular flexibility index (Phi) is 5.73. The van der Waals surface area contributed by atoms with E-state index in [9.17, 15) is 10.1 Å². The van der Waals surface area contributed by atoms with Crippen molar-refractivity contribution >= 4 is 11.3 Å². The van der Waals surface area contributed by atoms with Crippen molar-refractivity contribution in [2.75, 3.05) is 32.8 Å². The minimum absolute atomic E-state index is 0.0540. The summed E-state index contributed by atoms with van der Waals surface area (Å²) in [5, 5.41) is 14.8. The van der Waals surface area contributed by atoms with Crippen LogP contribution in [0, 0.1) is 10.1 Å². The molecule has 0 spiro atoms. The van der Waals surface area contributed by atoms with Gasteiger partial charge >= 0.3 is 0 Å². The van der Waals surface area contributed by atoms with Crippen LogP contribution in [0.5, 0.6) is 5.75 Å². The zero-order chi connectivity index (χ0) is 20.2. The van der Waals surface area contributed by atoms with Crippen LogP contribution in [-0.4, -0.2) is 52.0 Å². The Bertz CT molecular complexity index is 1010. The number of benzene rings is 1. The van der Waals surface area contributed by atoms with Crippen molar-refractivity contribution in [2.45, 2.75) is 19.9 Å². The van der Waals surface area contributed by atoms with Gasteiger partial charge in [-0.1, -0.05) is 12.1 Å². The van der Waals surface area contributed by atoms with E-state index in [0.29, 0.717) is 18.8 Å². The molecule has 1 fully saturated rings. The van der Waals surface area contributed by atoms with E-state index in [2.05, 4.69) is 10.2 Å². The van der Waals surface area contributed by atoms with Gasteiger partial charge in [-0.2, -0.15) is 0 Å². The molecule has 1 N–H and O–H groups in total. The number of nitrogens with one attached hydrogen (secondary N) is 1. The van der Waals surface area contributed by atoms with Gasteiger partial charge in [0.1, 0.15) is 11.4 Å². The number of hydrogen-bond donors (Lipinski definition) is 1. The van der Waals surface area contributed by atoms with Gasteiger partial charge in [-0.25, -0.2) is 4.98 Å². The second-order valence-electron chi connectivity index (χ2n) is 7.09. The molecule has 0 atom stereocenters. The maximum atomic E-state index is 11.3. The third kappa shape index (κ3) is 4.08. The number of hydrogen-bond acceptors (Lipinski definition) is 6. The maximum absolute atomic E-state index is 11.3. The molecule has 1 aromatic carbocycles. The summed E-state index contributed by atoms with van der Waals surface area (Å²) in [4.78, 5) is 18.2. The molecule has 0 aliphatic carbocycles. The molecule has 1 aliphatic heterocycles. The molecule has 8 heteroatoms. The van der Waals surface area contributed by atoms with E-state index in [-0.39, 0.29) is 10.6 Å². The molecule has 0 radical (unpaired) electrons. The summed E-state index contributed by atoms with van der Waals surface area (Å²) < 4.78 is 7.69. The highest BCUT2D eigenvalue weighted by Gasteiger charge is 2.21. The number of fused-ring (bicyclic) bond motifs is 1. The third-order valence-corrected chi connectivity index (χ3v) is 5.16. The normalized spacial score (nSPS) is 15.3. The predicted octanol–water partition coefficient (Wildman–Crippen LogP) is 3.10. The zero-order valence-electron chi connectivity index (χ0n) is 16.5. The first kappa shape index (κ1) is 19.4. The van der Waals surface area contributed by atoms with Crippen LogP contribution in [0.15, 0.2) is 42.6 Å². The molecule has 3 aromatic rings. The summed E-state index contributed by atoms with van der Waals surface area (Å²) in [5.41, 5.74) is 3.41. The predicted molar refractivity (Wildman–Crippen MR) is 111 cm³/mol. The van der Waals surface area contributed by atoms with Crippen LogP contribution in [-0.2, 0) is 6.54 Å². The molecule has 152 valence electrons. The summed E-state index contributed by atoms with van der Waals surface area (Å²) in [5.74, 6) is 0.770. The van der Waals surface area contributed by atoms with E-state index in [4.69, 9.17) is 9.72 Å². The number of para-hydroxylation sites is 1. The molecule has 1 saturated heterocycles. The number of aromatic nitrogens is 2.